The molecule has 0 spiro atoms. The summed E-state index contributed by atoms with van der Waals surface area (Å²) < 4.78 is 18.1. The monoisotopic (exact) mass is 477 g/mol. The van der Waals surface area contributed by atoms with Gasteiger partial charge in [0.15, 0.2) is 6.29 Å². The second-order valence-corrected chi connectivity index (χ2v) is 8.58. The summed E-state index contributed by atoms with van der Waals surface area (Å²) in [6.45, 7) is 1.28. The van der Waals surface area contributed by atoms with Crippen molar-refractivity contribution in [2.75, 3.05) is 13.7 Å². The summed E-state index contributed by atoms with van der Waals surface area (Å²) in [4.78, 5) is 11.6. The van der Waals surface area contributed by atoms with E-state index >= 15 is 0 Å². The largest absolute Gasteiger partial charge is 0.388 e. The van der Waals surface area contributed by atoms with Gasteiger partial charge in [-0.25, -0.2) is 0 Å². The van der Waals surface area contributed by atoms with Crippen LogP contribution in [-0.2, 0) is 24.6 Å². The van der Waals surface area contributed by atoms with Gasteiger partial charge in [0.2, 0.25) is 5.91 Å². The molecule has 0 saturated carbocycles. The van der Waals surface area contributed by atoms with Gasteiger partial charge in [-0.15, -0.1) is 0 Å². The first-order valence-electron chi connectivity index (χ1n) is 11.6. The van der Waals surface area contributed by atoms with Crippen LogP contribution < -0.4 is 5.32 Å². The van der Waals surface area contributed by atoms with Gasteiger partial charge in [0.05, 0.1) is 6.61 Å². The van der Waals surface area contributed by atoms with Crippen molar-refractivity contribution in [2.24, 2.45) is 0 Å². The molecule has 1 saturated heterocycles. The van der Waals surface area contributed by atoms with E-state index in [0.29, 0.717) is 0 Å². The van der Waals surface area contributed by atoms with Crippen molar-refractivity contribution < 1.29 is 29.2 Å². The highest BCUT2D eigenvalue weighted by atomic mass is 16.7. The number of methoxy groups -OCH3 is 1. The molecule has 1 aliphatic heterocycles. The Bertz CT molecular complexity index is 980. The number of benzene rings is 3. The van der Waals surface area contributed by atoms with Crippen LogP contribution in [0.5, 0.6) is 0 Å². The van der Waals surface area contributed by atoms with Crippen LogP contribution >= 0.6 is 0 Å². The number of aliphatic hydroxyl groups is 2. The Labute approximate surface area is 205 Å². The normalized spacial score (nSPS) is 24.6. The van der Waals surface area contributed by atoms with E-state index in [1.807, 2.05) is 91.0 Å². The van der Waals surface area contributed by atoms with Crippen molar-refractivity contribution in [3.05, 3.63) is 108 Å². The van der Waals surface area contributed by atoms with Gasteiger partial charge in [-0.05, 0) is 16.7 Å². The van der Waals surface area contributed by atoms with Gasteiger partial charge in [0, 0.05) is 14.0 Å². The third-order valence-corrected chi connectivity index (χ3v) is 6.31. The quantitative estimate of drug-likeness (QED) is 0.432. The minimum absolute atomic E-state index is 0.0520. The first kappa shape index (κ1) is 25.0. The van der Waals surface area contributed by atoms with Crippen molar-refractivity contribution in [1.29, 1.82) is 0 Å². The molecular formula is C28H31NO6. The summed E-state index contributed by atoms with van der Waals surface area (Å²) in [5.74, 6) is -0.363. The summed E-state index contributed by atoms with van der Waals surface area (Å²) >= 11 is 0. The molecule has 0 radical (unpaired) electrons. The first-order valence-corrected chi connectivity index (χ1v) is 11.6. The minimum Gasteiger partial charge on any atom is -0.388 e. The van der Waals surface area contributed by atoms with E-state index in [4.69, 9.17) is 14.2 Å². The van der Waals surface area contributed by atoms with Gasteiger partial charge in [0.25, 0.3) is 0 Å². The fourth-order valence-electron chi connectivity index (χ4n) is 4.63. The predicted molar refractivity (Wildman–Crippen MR) is 130 cm³/mol. The number of hydrogen-bond donors (Lipinski definition) is 3. The molecular weight excluding hydrogens is 446 g/mol. The van der Waals surface area contributed by atoms with Crippen LogP contribution in [0, 0.1) is 0 Å². The molecule has 3 N–H and O–H groups in total. The molecule has 5 unspecified atom stereocenters. The summed E-state index contributed by atoms with van der Waals surface area (Å²) in [6.07, 6.45) is -4.47. The Kier molecular flexibility index (Phi) is 7.95. The van der Waals surface area contributed by atoms with Crippen LogP contribution in [0.15, 0.2) is 91.0 Å². The lowest BCUT2D eigenvalue weighted by atomic mass is 9.80. The molecule has 0 aromatic heterocycles. The van der Waals surface area contributed by atoms with E-state index in [-0.39, 0.29) is 12.5 Å². The maximum absolute atomic E-state index is 11.6. The maximum Gasteiger partial charge on any atom is 0.217 e. The second kappa shape index (κ2) is 11.1. The van der Waals surface area contributed by atoms with Gasteiger partial charge >= 0.3 is 0 Å². The Morgan fingerprint density at radius 3 is 1.71 bits per heavy atom. The molecule has 184 valence electrons. The minimum atomic E-state index is -1.31. The number of rotatable bonds is 8. The molecule has 3 aromatic rings. The summed E-state index contributed by atoms with van der Waals surface area (Å²) in [6, 6.07) is 28.6. The van der Waals surface area contributed by atoms with E-state index in [9.17, 15) is 15.0 Å². The van der Waals surface area contributed by atoms with Crippen molar-refractivity contribution in [3.8, 4) is 0 Å². The molecule has 35 heavy (non-hydrogen) atoms. The molecule has 1 heterocycles. The number of nitrogens with one attached hydrogen (secondary N) is 1. The van der Waals surface area contributed by atoms with Crippen LogP contribution in [-0.4, -0.2) is 60.5 Å². The van der Waals surface area contributed by atoms with Gasteiger partial charge in [-0.1, -0.05) is 91.0 Å². The first-order chi connectivity index (χ1) is 17.0. The average Bonchev–Trinajstić information content (AvgIpc) is 2.90. The second-order valence-electron chi connectivity index (χ2n) is 8.58. The Morgan fingerprint density at radius 2 is 1.31 bits per heavy atom. The fraction of sp³-hybridized carbons (Fsp3) is 0.321. The number of aliphatic hydroxyl groups excluding tert-OH is 2. The number of ether oxygens (including phenoxy) is 3. The fourth-order valence-corrected chi connectivity index (χ4v) is 4.63. The number of carbonyl (C=O) groups excluding carboxylic acids is 1. The average molecular weight is 478 g/mol. The van der Waals surface area contributed by atoms with Crippen molar-refractivity contribution in [2.45, 2.75) is 43.2 Å². The van der Waals surface area contributed by atoms with E-state index in [2.05, 4.69) is 5.32 Å². The summed E-state index contributed by atoms with van der Waals surface area (Å²) in [5, 5.41) is 24.2. The molecule has 7 nitrogen and oxygen atoms in total. The van der Waals surface area contributed by atoms with Crippen molar-refractivity contribution in [1.82, 2.24) is 5.32 Å². The highest BCUT2D eigenvalue weighted by molar-refractivity contribution is 5.73. The van der Waals surface area contributed by atoms with E-state index in [1.165, 1.54) is 14.0 Å². The smallest absolute Gasteiger partial charge is 0.217 e. The van der Waals surface area contributed by atoms with Crippen LogP contribution in [0.2, 0.25) is 0 Å². The predicted octanol–water partition coefficient (Wildman–Crippen LogP) is 2.59. The standard InChI is InChI=1S/C28H31NO6/c1-19(30)29-24-26(32)25(31)23(35-27(24)33-2)18-34-28(20-12-6-3-7-13-20,21-14-8-4-9-15-21)22-16-10-5-11-17-22/h3-17,23-27,31-32H,18H2,1-2H3,(H,29,30). The highest BCUT2D eigenvalue weighted by Gasteiger charge is 2.47. The zero-order valence-electron chi connectivity index (χ0n) is 19.8. The Morgan fingerprint density at radius 1 is 0.857 bits per heavy atom. The SMILES string of the molecule is COC1OC(COC(c2ccccc2)(c2ccccc2)c2ccccc2)C(O)C(O)C1NC(C)=O. The Hall–Kier alpha value is -3.07. The molecule has 0 aliphatic carbocycles. The van der Waals surface area contributed by atoms with Crippen LogP contribution in [0.25, 0.3) is 0 Å². The molecule has 7 heteroatoms. The number of hydrogen-bond acceptors (Lipinski definition) is 6. The van der Waals surface area contributed by atoms with Crippen LogP contribution in [0.4, 0.5) is 0 Å². The lowest BCUT2D eigenvalue weighted by Gasteiger charge is -2.44. The van der Waals surface area contributed by atoms with Gasteiger partial charge < -0.3 is 29.7 Å². The number of carbonyl (C=O) groups is 1. The van der Waals surface area contributed by atoms with Crippen molar-refractivity contribution >= 4 is 5.91 Å². The van der Waals surface area contributed by atoms with Gasteiger partial charge in [-0.2, -0.15) is 0 Å². The lowest BCUT2D eigenvalue weighted by Crippen LogP contribution is -2.64. The topological polar surface area (TPSA) is 97.2 Å². The molecule has 1 aliphatic rings. The van der Waals surface area contributed by atoms with E-state index in [1.54, 1.807) is 0 Å². The number of amides is 1. The highest BCUT2D eigenvalue weighted by Crippen LogP contribution is 2.41. The van der Waals surface area contributed by atoms with Crippen LogP contribution in [0.1, 0.15) is 23.6 Å². The molecule has 0 bridgehead atoms. The third-order valence-electron chi connectivity index (χ3n) is 6.31. The van der Waals surface area contributed by atoms with E-state index < -0.39 is 36.2 Å². The molecule has 5 atom stereocenters. The lowest BCUT2D eigenvalue weighted by molar-refractivity contribution is -0.269. The molecule has 1 amide bonds. The molecule has 1 fully saturated rings. The maximum atomic E-state index is 11.6. The van der Waals surface area contributed by atoms with E-state index in [0.717, 1.165) is 16.7 Å². The van der Waals surface area contributed by atoms with Crippen LogP contribution in [0.3, 0.4) is 0 Å². The zero-order valence-corrected chi connectivity index (χ0v) is 19.8. The summed E-state index contributed by atoms with van der Waals surface area (Å²) in [5.41, 5.74) is 1.71. The zero-order chi connectivity index (χ0) is 24.8. The summed E-state index contributed by atoms with van der Waals surface area (Å²) in [7, 11) is 1.42. The van der Waals surface area contributed by atoms with Gasteiger partial charge in [0.1, 0.15) is 30.0 Å². The Balaban J connectivity index is 1.72. The molecule has 3 aromatic carbocycles. The van der Waals surface area contributed by atoms with Gasteiger partial charge in [-0.3, -0.25) is 4.79 Å². The third kappa shape index (κ3) is 5.15. The van der Waals surface area contributed by atoms with Crippen molar-refractivity contribution in [3.63, 3.8) is 0 Å². The molecule has 4 rings (SSSR count).